The largest absolute Gasteiger partial charge is 0.335 e. The summed E-state index contributed by atoms with van der Waals surface area (Å²) in [4.78, 5) is 14.2. The third-order valence-corrected chi connectivity index (χ3v) is 7.02. The highest BCUT2D eigenvalue weighted by molar-refractivity contribution is 7.89. The van der Waals surface area contributed by atoms with Crippen molar-refractivity contribution in [3.8, 4) is 0 Å². The van der Waals surface area contributed by atoms with Crippen LogP contribution in [-0.2, 0) is 10.0 Å². The van der Waals surface area contributed by atoms with Gasteiger partial charge in [0.05, 0.1) is 16.5 Å². The first-order valence-corrected chi connectivity index (χ1v) is 10.8. The maximum absolute atomic E-state index is 14.4. The maximum Gasteiger partial charge on any atom is 0.257 e. The molecule has 0 aliphatic heterocycles. The minimum Gasteiger partial charge on any atom is -0.335 e. The van der Waals surface area contributed by atoms with E-state index in [1.165, 1.54) is 15.3 Å². The van der Waals surface area contributed by atoms with Crippen LogP contribution in [0.5, 0.6) is 0 Å². The minimum atomic E-state index is -3.80. The molecule has 0 radical (unpaired) electrons. The van der Waals surface area contributed by atoms with Gasteiger partial charge >= 0.3 is 0 Å². The molecule has 0 aliphatic rings. The molecule has 28 heavy (non-hydrogen) atoms. The highest BCUT2D eigenvalue weighted by Crippen LogP contribution is 2.25. The molecule has 0 saturated carbocycles. The Kier molecular flexibility index (Phi) is 7.20. The quantitative estimate of drug-likeness (QED) is 0.661. The molecule has 8 heteroatoms. The second-order valence-electron chi connectivity index (χ2n) is 6.38. The molecule has 0 bridgehead atoms. The van der Waals surface area contributed by atoms with Crippen molar-refractivity contribution >= 4 is 27.5 Å². The molecule has 0 N–H and O–H groups in total. The molecule has 1 atom stereocenters. The van der Waals surface area contributed by atoms with Gasteiger partial charge in [-0.05, 0) is 42.8 Å². The number of halogens is 2. The van der Waals surface area contributed by atoms with Gasteiger partial charge in [0, 0.05) is 25.2 Å². The Balaban J connectivity index is 2.40. The second kappa shape index (κ2) is 9.03. The fourth-order valence-electron chi connectivity index (χ4n) is 2.90. The third-order valence-electron chi connectivity index (χ3n) is 4.74. The monoisotopic (exact) mass is 426 g/mol. The lowest BCUT2D eigenvalue weighted by molar-refractivity contribution is 0.0737. The van der Waals surface area contributed by atoms with E-state index in [1.807, 2.05) is 6.07 Å². The molecule has 0 spiro atoms. The first-order chi connectivity index (χ1) is 13.1. The van der Waals surface area contributed by atoms with Crippen LogP contribution < -0.4 is 0 Å². The molecule has 0 heterocycles. The number of carbonyl (C=O) groups excluding carboxylic acids is 1. The van der Waals surface area contributed by atoms with Crippen LogP contribution in [0.2, 0.25) is 5.02 Å². The first-order valence-electron chi connectivity index (χ1n) is 8.95. The van der Waals surface area contributed by atoms with E-state index in [-0.39, 0.29) is 29.6 Å². The molecule has 2 aromatic rings. The summed E-state index contributed by atoms with van der Waals surface area (Å²) in [6, 6.07) is 9.96. The molecule has 152 valence electrons. The lowest BCUT2D eigenvalue weighted by atomic mass is 10.1. The zero-order valence-electron chi connectivity index (χ0n) is 16.3. The predicted molar refractivity (Wildman–Crippen MR) is 108 cm³/mol. The van der Waals surface area contributed by atoms with Crippen molar-refractivity contribution in [2.75, 3.05) is 20.1 Å². The predicted octanol–water partition coefficient (Wildman–Crippen LogP) is 4.34. The number of nitrogens with zero attached hydrogens (tertiary/aromatic N) is 2. The molecular weight excluding hydrogens is 403 g/mol. The highest BCUT2D eigenvalue weighted by atomic mass is 35.5. The average Bonchev–Trinajstić information content (AvgIpc) is 2.67. The molecule has 2 aromatic carbocycles. The molecule has 1 amide bonds. The Morgan fingerprint density at radius 3 is 2.36 bits per heavy atom. The van der Waals surface area contributed by atoms with Crippen LogP contribution in [0.15, 0.2) is 47.4 Å². The number of hydrogen-bond donors (Lipinski definition) is 0. The average molecular weight is 427 g/mol. The fourth-order valence-corrected chi connectivity index (χ4v) is 4.58. The van der Waals surface area contributed by atoms with E-state index in [0.717, 1.165) is 17.7 Å². The summed E-state index contributed by atoms with van der Waals surface area (Å²) >= 11 is 6.01. The Morgan fingerprint density at radius 2 is 1.79 bits per heavy atom. The third kappa shape index (κ3) is 4.54. The molecule has 2 rings (SSSR count). The van der Waals surface area contributed by atoms with E-state index >= 15 is 0 Å². The number of rotatable bonds is 7. The molecular formula is C20H24ClFN2O3S. The van der Waals surface area contributed by atoms with Gasteiger partial charge in [0.2, 0.25) is 10.0 Å². The van der Waals surface area contributed by atoms with Crippen LogP contribution in [0.1, 0.15) is 42.7 Å². The summed E-state index contributed by atoms with van der Waals surface area (Å²) < 4.78 is 41.1. The Morgan fingerprint density at radius 1 is 1.14 bits per heavy atom. The standard InChI is InChI=1S/C20H24ClFN2O3S/c1-5-24(6-2)28(26,27)17-10-11-19(22)18(13-17)20(25)23(4)14(3)15-8-7-9-16(21)12-15/h7-14H,5-6H2,1-4H3. The second-order valence-corrected chi connectivity index (χ2v) is 8.75. The van der Waals surface area contributed by atoms with Gasteiger partial charge in [-0.25, -0.2) is 12.8 Å². The number of carbonyl (C=O) groups is 1. The van der Waals surface area contributed by atoms with Crippen molar-refractivity contribution in [2.24, 2.45) is 0 Å². The fraction of sp³-hybridized carbons (Fsp3) is 0.350. The van der Waals surface area contributed by atoms with Gasteiger partial charge in [0.15, 0.2) is 0 Å². The molecule has 1 unspecified atom stereocenters. The zero-order valence-corrected chi connectivity index (χ0v) is 17.9. The van der Waals surface area contributed by atoms with Gasteiger partial charge in [-0.2, -0.15) is 4.31 Å². The van der Waals surface area contributed by atoms with Crippen LogP contribution in [0, 0.1) is 5.82 Å². The van der Waals surface area contributed by atoms with E-state index in [9.17, 15) is 17.6 Å². The number of sulfonamides is 1. The SMILES string of the molecule is CCN(CC)S(=O)(=O)c1ccc(F)c(C(=O)N(C)C(C)c2cccc(Cl)c2)c1. The van der Waals surface area contributed by atoms with Gasteiger partial charge in [0.25, 0.3) is 5.91 Å². The maximum atomic E-state index is 14.4. The van der Waals surface area contributed by atoms with Crippen molar-refractivity contribution in [2.45, 2.75) is 31.7 Å². The van der Waals surface area contributed by atoms with Gasteiger partial charge in [0.1, 0.15) is 5.82 Å². The van der Waals surface area contributed by atoms with Crippen LogP contribution in [-0.4, -0.2) is 43.7 Å². The molecule has 0 aromatic heterocycles. The Labute approximate surface area is 170 Å². The van der Waals surface area contributed by atoms with Crippen LogP contribution >= 0.6 is 11.6 Å². The van der Waals surface area contributed by atoms with Crippen molar-refractivity contribution in [3.05, 3.63) is 64.4 Å². The molecule has 0 fully saturated rings. The molecule has 0 saturated heterocycles. The smallest absolute Gasteiger partial charge is 0.257 e. The minimum absolute atomic E-state index is 0.107. The van der Waals surface area contributed by atoms with Crippen LogP contribution in [0.4, 0.5) is 4.39 Å². The summed E-state index contributed by atoms with van der Waals surface area (Å²) in [6.07, 6.45) is 0. The highest BCUT2D eigenvalue weighted by Gasteiger charge is 2.27. The summed E-state index contributed by atoms with van der Waals surface area (Å²) in [6.45, 7) is 5.79. The Hall–Kier alpha value is -1.96. The Bertz CT molecular complexity index is 962. The van der Waals surface area contributed by atoms with Crippen molar-refractivity contribution in [1.29, 1.82) is 0 Å². The van der Waals surface area contributed by atoms with Gasteiger partial charge in [-0.3, -0.25) is 4.79 Å². The summed E-state index contributed by atoms with van der Waals surface area (Å²) in [5.41, 5.74) is 0.500. The first kappa shape index (κ1) is 22.3. The van der Waals surface area contributed by atoms with Gasteiger partial charge < -0.3 is 4.90 Å². The van der Waals surface area contributed by atoms with E-state index in [1.54, 1.807) is 46.0 Å². The summed E-state index contributed by atoms with van der Waals surface area (Å²) in [5, 5.41) is 0.531. The van der Waals surface area contributed by atoms with Crippen LogP contribution in [0.3, 0.4) is 0 Å². The normalized spacial score (nSPS) is 12.8. The van der Waals surface area contributed by atoms with Crippen molar-refractivity contribution in [1.82, 2.24) is 9.21 Å². The molecule has 5 nitrogen and oxygen atoms in total. The van der Waals surface area contributed by atoms with Gasteiger partial charge in [-0.1, -0.05) is 37.6 Å². The summed E-state index contributed by atoms with van der Waals surface area (Å²) in [7, 11) is -2.26. The van der Waals surface area contributed by atoms with Gasteiger partial charge in [-0.15, -0.1) is 0 Å². The molecule has 0 aliphatic carbocycles. The van der Waals surface area contributed by atoms with E-state index in [4.69, 9.17) is 11.6 Å². The van der Waals surface area contributed by atoms with Crippen LogP contribution in [0.25, 0.3) is 0 Å². The van der Waals surface area contributed by atoms with E-state index < -0.39 is 21.7 Å². The number of amides is 1. The topological polar surface area (TPSA) is 57.7 Å². The lowest BCUT2D eigenvalue weighted by Crippen LogP contribution is -2.32. The van der Waals surface area contributed by atoms with Crippen molar-refractivity contribution in [3.63, 3.8) is 0 Å². The zero-order chi connectivity index (χ0) is 21.1. The summed E-state index contributed by atoms with van der Waals surface area (Å²) in [5.74, 6) is -1.38. The van der Waals surface area contributed by atoms with E-state index in [2.05, 4.69) is 0 Å². The number of hydrogen-bond acceptors (Lipinski definition) is 3. The lowest BCUT2D eigenvalue weighted by Gasteiger charge is -2.26. The van der Waals surface area contributed by atoms with E-state index in [0.29, 0.717) is 5.02 Å². The number of benzene rings is 2. The van der Waals surface area contributed by atoms with Crippen molar-refractivity contribution < 1.29 is 17.6 Å².